The van der Waals surface area contributed by atoms with Crippen LogP contribution in [0.5, 0.6) is 0 Å². The zero-order valence-electron chi connectivity index (χ0n) is 34.6. The molecule has 54 heavy (non-hydrogen) atoms. The van der Waals surface area contributed by atoms with E-state index < -0.39 is 0 Å². The molecule has 6 fully saturated rings. The summed E-state index contributed by atoms with van der Waals surface area (Å²) in [5, 5.41) is 0. The first-order chi connectivity index (χ1) is 25.2. The molecule has 0 spiro atoms. The van der Waals surface area contributed by atoms with Gasteiger partial charge in [0.2, 0.25) is 0 Å². The zero-order valence-corrected chi connectivity index (χ0v) is 41.2. The molecule has 7 rings (SSSR count). The van der Waals surface area contributed by atoms with Crippen molar-refractivity contribution >= 4 is 35.2 Å². The minimum atomic E-state index is -0.346. The van der Waals surface area contributed by atoms with E-state index in [1.807, 2.05) is 0 Å². The summed E-state index contributed by atoms with van der Waals surface area (Å²) in [5.74, 6) is 0.681. The standard InChI is InChI=1S/C45H78N2P2.4ClH.Ru/c1-46(2)32-30-41(48(37-22-12-6-13-23-37)38-24-14-7-15-25-38)34-43(46)45(36-20-10-5-11-21-36)44-35-42(31-33-47(44,3)4)49(39-26-16-8-17-27-39)40-28-18-9-19-29-40;;;;;/h5,10-11,20-21,37-45H,6-9,12-19,22-35H2,1-4H3;4*1H;/q+2;;;;;+2/p-4. The van der Waals surface area contributed by atoms with Crippen LogP contribution >= 0.6 is 35.2 Å². The van der Waals surface area contributed by atoms with Gasteiger partial charge in [-0.15, -0.1) is 0 Å². The Balaban J connectivity index is 0.00000126. The third-order valence-electron chi connectivity index (χ3n) is 15.7. The quantitative estimate of drug-likeness (QED) is 0.136. The average Bonchev–Trinajstić information content (AvgIpc) is 3.17. The van der Waals surface area contributed by atoms with E-state index in [-0.39, 0.29) is 55.8 Å². The van der Waals surface area contributed by atoms with Crippen LogP contribution in [-0.2, 0) is 15.1 Å². The number of nitrogens with zero attached hydrogens (tertiary/aromatic N) is 2. The molecule has 4 aliphatic carbocycles. The maximum atomic E-state index is 4.85. The van der Waals surface area contributed by atoms with E-state index >= 15 is 0 Å². The fraction of sp³-hybridized carbons (Fsp3) is 0.867. The van der Waals surface area contributed by atoms with Crippen molar-refractivity contribution < 1.29 is 48.9 Å². The summed E-state index contributed by atoms with van der Waals surface area (Å²) in [6.07, 6.45) is 36.9. The van der Waals surface area contributed by atoms with Crippen LogP contribution in [0, 0.1) is 0 Å². The summed E-state index contributed by atoms with van der Waals surface area (Å²) < 4.78 is 2.52. The Kier molecular flexibility index (Phi) is 21.3. The number of hydrogen-bond donors (Lipinski definition) is 0. The first-order valence-electron chi connectivity index (χ1n) is 22.3. The number of likely N-dealkylation sites (N-methyl/N-ethyl adjacent to an activating group) is 2. The second kappa shape index (κ2) is 23.7. The first kappa shape index (κ1) is 48.4. The van der Waals surface area contributed by atoms with Crippen molar-refractivity contribution in [2.24, 2.45) is 0 Å². The number of rotatable bonds is 9. The van der Waals surface area contributed by atoms with E-state index in [1.54, 1.807) is 56.9 Å². The predicted molar refractivity (Wildman–Crippen MR) is 230 cm³/mol. The number of quaternary nitrogens is 2. The van der Waals surface area contributed by atoms with E-state index in [0.29, 0.717) is 5.92 Å². The minimum absolute atomic E-state index is 0. The van der Waals surface area contributed by atoms with Gasteiger partial charge < -0.3 is 33.8 Å². The molecule has 0 aromatic heterocycles. The third-order valence-corrected chi connectivity index (χ3v) is 23.8. The van der Waals surface area contributed by atoms with E-state index in [2.05, 4.69) is 58.5 Å². The normalized spacial score (nSPS) is 30.8. The van der Waals surface area contributed by atoms with E-state index in [9.17, 15) is 0 Å². The Bertz CT molecular complexity index is 1070. The van der Waals surface area contributed by atoms with Crippen LogP contribution in [0.1, 0.15) is 166 Å². The monoisotopic (exact) mass is 950 g/mol. The molecule has 2 aliphatic heterocycles. The topological polar surface area (TPSA) is 0 Å². The molecule has 2 saturated heterocycles. The average molecular weight is 952 g/mol. The van der Waals surface area contributed by atoms with Crippen LogP contribution in [0.2, 0.25) is 0 Å². The fourth-order valence-corrected chi connectivity index (χ4v) is 22.2. The number of halogens is 4. The Morgan fingerprint density at radius 1 is 0.481 bits per heavy atom. The van der Waals surface area contributed by atoms with Gasteiger partial charge in [0.1, 0.15) is 12.1 Å². The molecular weight excluding hydrogens is 873 g/mol. The fourth-order valence-electron chi connectivity index (χ4n) is 13.0. The molecule has 2 heterocycles. The maximum absolute atomic E-state index is 4.85. The van der Waals surface area contributed by atoms with Crippen molar-refractivity contribution in [3.8, 4) is 0 Å². The van der Waals surface area contributed by atoms with Crippen LogP contribution in [0.3, 0.4) is 0 Å². The molecule has 1 aromatic carbocycles. The second-order valence-electron chi connectivity index (χ2n) is 19.5. The van der Waals surface area contributed by atoms with Crippen molar-refractivity contribution in [2.75, 3.05) is 41.3 Å². The van der Waals surface area contributed by atoms with Gasteiger partial charge in [0, 0.05) is 25.7 Å². The van der Waals surface area contributed by atoms with Crippen LogP contribution in [0.15, 0.2) is 30.3 Å². The number of hydrogen-bond acceptors (Lipinski definition) is 0. The molecule has 4 atom stereocenters. The molecule has 6 aliphatic rings. The number of piperidine rings is 2. The van der Waals surface area contributed by atoms with Crippen molar-refractivity contribution in [2.45, 2.75) is 206 Å². The van der Waals surface area contributed by atoms with Crippen molar-refractivity contribution in [3.05, 3.63) is 35.9 Å². The van der Waals surface area contributed by atoms with Crippen LogP contribution < -0.4 is 24.8 Å². The molecule has 0 N–H and O–H groups in total. The third kappa shape index (κ3) is 12.4. The summed E-state index contributed by atoms with van der Waals surface area (Å²) >= 11 is -0.346. The van der Waals surface area contributed by atoms with Gasteiger partial charge in [0.15, 0.2) is 0 Å². The molecule has 2 nitrogen and oxygen atoms in total. The molecule has 0 amide bonds. The molecule has 9 heteroatoms. The summed E-state index contributed by atoms with van der Waals surface area (Å²) in [7, 11) is 20.7. The molecule has 0 bridgehead atoms. The van der Waals surface area contributed by atoms with Gasteiger partial charge in [-0.1, -0.05) is 123 Å². The summed E-state index contributed by atoms with van der Waals surface area (Å²) in [6.45, 7) is 2.83. The van der Waals surface area contributed by atoms with Gasteiger partial charge in [-0.2, -0.15) is 0 Å². The van der Waals surface area contributed by atoms with Crippen molar-refractivity contribution in [1.29, 1.82) is 0 Å². The molecule has 314 valence electrons. The Hall–Kier alpha value is 1.78. The van der Waals surface area contributed by atoms with E-state index in [1.165, 1.54) is 125 Å². The number of benzene rings is 1. The van der Waals surface area contributed by atoms with E-state index in [0.717, 1.165) is 46.0 Å². The van der Waals surface area contributed by atoms with E-state index in [4.69, 9.17) is 19.4 Å². The van der Waals surface area contributed by atoms with Gasteiger partial charge in [-0.25, -0.2) is 0 Å². The van der Waals surface area contributed by atoms with Crippen LogP contribution in [-0.4, -0.2) is 96.3 Å². The Labute approximate surface area is 364 Å². The number of likely N-dealkylation sites (tertiary alicyclic amines) is 2. The summed E-state index contributed by atoms with van der Waals surface area (Å²) in [4.78, 5) is 0. The van der Waals surface area contributed by atoms with Gasteiger partial charge in [0.25, 0.3) is 0 Å². The van der Waals surface area contributed by atoms with Gasteiger partial charge >= 0.3 is 34.5 Å². The first-order valence-corrected chi connectivity index (χ1v) is 29.9. The van der Waals surface area contributed by atoms with Gasteiger partial charge in [-0.05, 0) is 90.9 Å². The van der Waals surface area contributed by atoms with Crippen molar-refractivity contribution in [3.63, 3.8) is 0 Å². The van der Waals surface area contributed by atoms with Gasteiger partial charge in [-0.3, -0.25) is 0 Å². The summed E-state index contributed by atoms with van der Waals surface area (Å²) in [5.41, 5.74) is 8.07. The predicted octanol–water partition coefficient (Wildman–Crippen LogP) is 7.66. The second-order valence-corrected chi connectivity index (χ2v) is 28.4. The molecule has 4 unspecified atom stereocenters. The van der Waals surface area contributed by atoms with Crippen LogP contribution in [0.4, 0.5) is 0 Å². The summed E-state index contributed by atoms with van der Waals surface area (Å²) in [6, 6.07) is 13.8. The van der Waals surface area contributed by atoms with Gasteiger partial charge in [0.05, 0.1) is 47.2 Å². The Morgan fingerprint density at radius 3 is 1.07 bits per heavy atom. The zero-order chi connectivity index (χ0) is 36.6. The SMILES string of the molecule is C[N+]1(C)CCC(P(C2CCCCC2)C2CCCCC2)CC1C(c1ccccc1)C1CC(P(C2CCCCC2)C2CCCCC2)CC[N+]1(C)C.[Cl-].[Cl-].[Cl][Ru][Cl]. The Morgan fingerprint density at radius 2 is 0.778 bits per heavy atom. The van der Waals surface area contributed by atoms with Crippen molar-refractivity contribution in [1.82, 2.24) is 0 Å². The molecule has 1 aromatic rings. The molecule has 4 saturated carbocycles. The van der Waals surface area contributed by atoms with Crippen LogP contribution in [0.25, 0.3) is 0 Å². The molecular formula is C45H78Cl4N2P2Ru. The molecule has 0 radical (unpaired) electrons.